The summed E-state index contributed by atoms with van der Waals surface area (Å²) in [4.78, 5) is 15.4. The number of sulfone groups is 1. The molecule has 1 unspecified atom stereocenters. The van der Waals surface area contributed by atoms with Crippen molar-refractivity contribution in [2.75, 3.05) is 24.2 Å². The van der Waals surface area contributed by atoms with Gasteiger partial charge in [0, 0.05) is 59.0 Å². The van der Waals surface area contributed by atoms with Crippen LogP contribution < -0.4 is 22.0 Å². The first-order valence-electron chi connectivity index (χ1n) is 19.7. The first-order valence-corrected chi connectivity index (χ1v) is 22.0. The number of hydrogen-bond donors (Lipinski definition) is 0. The molecule has 298 valence electrons. The maximum absolute atomic E-state index is 12.7. The third kappa shape index (κ3) is 8.67. The molecule has 0 fully saturated rings. The van der Waals surface area contributed by atoms with E-state index in [2.05, 4.69) is 92.3 Å². The highest BCUT2D eigenvalue weighted by atomic mass is 35.5. The number of para-hydroxylation sites is 2. The number of carbonyl (C=O) groups excluding carboxylic acids is 1. The van der Waals surface area contributed by atoms with Crippen LogP contribution in [-0.4, -0.2) is 44.0 Å². The summed E-state index contributed by atoms with van der Waals surface area (Å²) in [6, 6.07) is 20.0. The maximum Gasteiger partial charge on any atom is 0.311 e. The Morgan fingerprint density at radius 2 is 1.68 bits per heavy atom. The van der Waals surface area contributed by atoms with Crippen molar-refractivity contribution in [3.05, 3.63) is 123 Å². The van der Waals surface area contributed by atoms with E-state index in [4.69, 9.17) is 16.3 Å². The summed E-state index contributed by atoms with van der Waals surface area (Å²) in [5.74, 6) is 0.561. The Hall–Kier alpha value is -3.87. The van der Waals surface area contributed by atoms with Crippen LogP contribution in [0.25, 0.3) is 0 Å². The van der Waals surface area contributed by atoms with Gasteiger partial charge in [0.15, 0.2) is 15.5 Å². The molecule has 1 atom stereocenters. The molecule has 6 rings (SSSR count). The SMILES string of the molecule is CC[N+]1=C(/C=C/C2=C(Cl)C(C=C=C3N(CCCCCC(=O)Oc4c(C)cccc4C)c4ccccc4C3(C)C)CCC2)C(C)(C)c2cc(S(C)(=O)=O)ccc21.[Cl-]. The molecule has 0 N–H and O–H groups in total. The number of halogens is 2. The summed E-state index contributed by atoms with van der Waals surface area (Å²) < 4.78 is 32.8. The largest absolute Gasteiger partial charge is 1.00 e. The van der Waals surface area contributed by atoms with Crippen molar-refractivity contribution in [1.82, 2.24) is 0 Å². The third-order valence-electron chi connectivity index (χ3n) is 11.7. The summed E-state index contributed by atoms with van der Waals surface area (Å²) in [5, 5.41) is 0.861. The Morgan fingerprint density at radius 3 is 2.38 bits per heavy atom. The minimum absolute atomic E-state index is 0. The second-order valence-corrected chi connectivity index (χ2v) is 18.8. The van der Waals surface area contributed by atoms with Gasteiger partial charge in [0.2, 0.25) is 5.69 Å². The molecule has 3 aliphatic rings. The highest BCUT2D eigenvalue weighted by Gasteiger charge is 2.44. The summed E-state index contributed by atoms with van der Waals surface area (Å²) in [5.41, 5.74) is 13.1. The Labute approximate surface area is 346 Å². The minimum atomic E-state index is -3.32. The van der Waals surface area contributed by atoms with E-state index in [1.165, 1.54) is 17.5 Å². The molecule has 6 nitrogen and oxygen atoms in total. The number of unbranched alkanes of at least 4 members (excludes halogenated alkanes) is 2. The van der Waals surface area contributed by atoms with Crippen LogP contribution >= 0.6 is 11.6 Å². The van der Waals surface area contributed by atoms with Crippen molar-refractivity contribution in [2.45, 2.75) is 109 Å². The van der Waals surface area contributed by atoms with E-state index in [0.717, 1.165) is 96.0 Å². The normalized spacial score (nSPS) is 18.5. The molecule has 3 aromatic carbocycles. The van der Waals surface area contributed by atoms with Gasteiger partial charge in [-0.05, 0) is 127 Å². The van der Waals surface area contributed by atoms with Gasteiger partial charge in [-0.1, -0.05) is 60.5 Å². The van der Waals surface area contributed by atoms with Crippen LogP contribution in [0.3, 0.4) is 0 Å². The van der Waals surface area contributed by atoms with Crippen molar-refractivity contribution >= 4 is 44.5 Å². The average molecular weight is 816 g/mol. The molecular weight excluding hydrogens is 760 g/mol. The number of aryl methyl sites for hydroxylation is 2. The highest BCUT2D eigenvalue weighted by molar-refractivity contribution is 7.90. The molecule has 0 saturated carbocycles. The quantitative estimate of drug-likeness (QED) is 0.0611. The smallest absolute Gasteiger partial charge is 0.311 e. The number of rotatable bonds is 12. The lowest BCUT2D eigenvalue weighted by Gasteiger charge is -2.26. The van der Waals surface area contributed by atoms with Gasteiger partial charge in [0.25, 0.3) is 0 Å². The van der Waals surface area contributed by atoms with Crippen molar-refractivity contribution in [3.63, 3.8) is 0 Å². The number of allylic oxidation sites excluding steroid dienone is 5. The lowest BCUT2D eigenvalue weighted by molar-refractivity contribution is -0.433. The zero-order chi connectivity index (χ0) is 39.7. The second kappa shape index (κ2) is 17.3. The van der Waals surface area contributed by atoms with Gasteiger partial charge in [-0.25, -0.2) is 8.42 Å². The summed E-state index contributed by atoms with van der Waals surface area (Å²) in [7, 11) is -3.32. The number of anilines is 1. The minimum Gasteiger partial charge on any atom is -1.00 e. The number of fused-ring (bicyclic) bond motifs is 2. The van der Waals surface area contributed by atoms with Crippen LogP contribution in [0.2, 0.25) is 0 Å². The predicted octanol–water partition coefficient (Wildman–Crippen LogP) is 7.96. The van der Waals surface area contributed by atoms with Crippen molar-refractivity contribution in [3.8, 4) is 5.75 Å². The van der Waals surface area contributed by atoms with Crippen LogP contribution in [-0.2, 0) is 25.5 Å². The van der Waals surface area contributed by atoms with E-state index in [1.54, 1.807) is 6.07 Å². The van der Waals surface area contributed by atoms with Gasteiger partial charge in [-0.15, -0.1) is 5.73 Å². The van der Waals surface area contributed by atoms with Crippen molar-refractivity contribution in [1.29, 1.82) is 0 Å². The van der Waals surface area contributed by atoms with Gasteiger partial charge in [0.05, 0.1) is 16.0 Å². The van der Waals surface area contributed by atoms with Crippen LogP contribution in [0.5, 0.6) is 5.75 Å². The fourth-order valence-electron chi connectivity index (χ4n) is 8.56. The molecule has 0 spiro atoms. The number of ether oxygens (including phenoxy) is 1. The molecule has 0 amide bonds. The highest BCUT2D eigenvalue weighted by Crippen LogP contribution is 2.48. The molecule has 0 bridgehead atoms. The van der Waals surface area contributed by atoms with E-state index in [1.807, 2.05) is 44.2 Å². The summed E-state index contributed by atoms with van der Waals surface area (Å²) in [6.45, 7) is 16.5. The number of carbonyl (C=O) groups is 1. The Bertz CT molecular complexity index is 2260. The predicted molar refractivity (Wildman–Crippen MR) is 226 cm³/mol. The second-order valence-electron chi connectivity index (χ2n) is 16.4. The van der Waals surface area contributed by atoms with E-state index >= 15 is 0 Å². The first-order chi connectivity index (χ1) is 26.0. The summed E-state index contributed by atoms with van der Waals surface area (Å²) in [6.07, 6.45) is 13.7. The molecule has 2 aliphatic heterocycles. The molecule has 1 aliphatic carbocycles. The van der Waals surface area contributed by atoms with Crippen LogP contribution in [0.1, 0.15) is 102 Å². The Kier molecular flexibility index (Phi) is 13.4. The molecule has 0 saturated heterocycles. The number of hydrogen-bond acceptors (Lipinski definition) is 5. The van der Waals surface area contributed by atoms with Crippen LogP contribution in [0, 0.1) is 19.8 Å². The fourth-order valence-corrected chi connectivity index (χ4v) is 9.53. The van der Waals surface area contributed by atoms with Gasteiger partial charge >= 0.3 is 5.97 Å². The van der Waals surface area contributed by atoms with Gasteiger partial charge in [0.1, 0.15) is 12.3 Å². The first kappa shape index (κ1) is 43.3. The van der Waals surface area contributed by atoms with E-state index in [9.17, 15) is 13.2 Å². The topological polar surface area (TPSA) is 66.7 Å². The van der Waals surface area contributed by atoms with E-state index in [-0.39, 0.29) is 35.1 Å². The standard InChI is InChI=1S/C47H56ClN2O4S.ClH/c1-9-49-40-27-26-36(55(8,52)53)31-38(40)47(6,7)41(49)28-24-34-19-16-20-35(44(34)48)25-29-42-46(4,5)37-21-12-13-22-39(37)50(42)30-14-10-11-23-43(51)54-45-32(2)17-15-18-33(45)3;/h12-13,15,17-18,21-22,24-28,31,35H,9-11,14,16,19-20,23,30H2,1-8H3;1H/q+1;/p-1/b28-24+;. The lowest BCUT2D eigenvalue weighted by Crippen LogP contribution is -3.00. The van der Waals surface area contributed by atoms with Gasteiger partial charge in [-0.3, -0.25) is 4.79 Å². The van der Waals surface area contributed by atoms with Gasteiger partial charge < -0.3 is 22.0 Å². The molecule has 9 heteroatoms. The average Bonchev–Trinajstić information content (AvgIpc) is 3.49. The molecular formula is C47H56Cl2N2O4S. The Balaban J connectivity index is 0.00000600. The van der Waals surface area contributed by atoms with Crippen LogP contribution in [0.15, 0.2) is 106 Å². The Morgan fingerprint density at radius 1 is 0.964 bits per heavy atom. The summed E-state index contributed by atoms with van der Waals surface area (Å²) >= 11 is 7.24. The molecule has 2 heterocycles. The zero-order valence-electron chi connectivity index (χ0n) is 34.1. The molecule has 0 radical (unpaired) electrons. The van der Waals surface area contributed by atoms with Crippen molar-refractivity contribution < 1.29 is 34.9 Å². The zero-order valence-corrected chi connectivity index (χ0v) is 36.5. The number of benzene rings is 3. The van der Waals surface area contributed by atoms with E-state index in [0.29, 0.717) is 17.1 Å². The monoisotopic (exact) mass is 814 g/mol. The maximum atomic E-state index is 12.7. The van der Waals surface area contributed by atoms with Crippen LogP contribution in [0.4, 0.5) is 11.4 Å². The van der Waals surface area contributed by atoms with Crippen molar-refractivity contribution in [2.24, 2.45) is 5.92 Å². The molecule has 56 heavy (non-hydrogen) atoms. The molecule has 0 aromatic heterocycles. The number of nitrogens with zero attached hydrogens (tertiary/aromatic N) is 2. The van der Waals surface area contributed by atoms with E-state index < -0.39 is 9.84 Å². The van der Waals surface area contributed by atoms with Gasteiger partial charge in [-0.2, -0.15) is 4.58 Å². The molecule has 3 aromatic rings. The lowest BCUT2D eigenvalue weighted by atomic mass is 9.81. The number of esters is 1. The third-order valence-corrected chi connectivity index (χ3v) is 13.3. The fraction of sp³-hybridized carbons (Fsp3) is 0.426.